The highest BCUT2D eigenvalue weighted by Gasteiger charge is 2.44. The molecule has 0 saturated heterocycles. The van der Waals surface area contributed by atoms with Gasteiger partial charge in [0.2, 0.25) is 5.91 Å². The highest BCUT2D eigenvalue weighted by atomic mass is 32.2. The summed E-state index contributed by atoms with van der Waals surface area (Å²) in [7, 11) is -3.53. The van der Waals surface area contributed by atoms with E-state index in [1.807, 2.05) is 6.92 Å². The van der Waals surface area contributed by atoms with Crippen LogP contribution in [0.25, 0.3) is 0 Å². The van der Waals surface area contributed by atoms with Gasteiger partial charge >= 0.3 is 0 Å². The maximum Gasteiger partial charge on any atom is 0.238 e. The number of amides is 1. The Kier molecular flexibility index (Phi) is 9.18. The number of carbonyl (C=O) groups is 1. The van der Waals surface area contributed by atoms with Crippen molar-refractivity contribution < 1.29 is 13.2 Å². The van der Waals surface area contributed by atoms with Crippen molar-refractivity contribution in [3.05, 3.63) is 0 Å². The molecule has 0 heterocycles. The second kappa shape index (κ2) is 9.44. The Morgan fingerprint density at radius 2 is 1.48 bits per heavy atom. The lowest BCUT2D eigenvalue weighted by Crippen LogP contribution is -2.49. The van der Waals surface area contributed by atoms with Crippen molar-refractivity contribution in [1.29, 1.82) is 0 Å². The van der Waals surface area contributed by atoms with E-state index < -0.39 is 25.7 Å². The lowest BCUT2D eigenvalue weighted by atomic mass is 10.1. The van der Waals surface area contributed by atoms with Gasteiger partial charge < -0.3 is 5.73 Å². The number of primary amides is 1. The van der Waals surface area contributed by atoms with E-state index in [-0.39, 0.29) is 0 Å². The van der Waals surface area contributed by atoms with E-state index in [1.165, 1.54) is 39.5 Å². The van der Waals surface area contributed by atoms with Crippen LogP contribution in [-0.2, 0) is 14.6 Å². The minimum atomic E-state index is -3.53. The molecule has 0 saturated carbocycles. The molecule has 4 nitrogen and oxygen atoms in total. The van der Waals surface area contributed by atoms with Gasteiger partial charge in [-0.3, -0.25) is 4.79 Å². The lowest BCUT2D eigenvalue weighted by molar-refractivity contribution is -0.119. The molecule has 1 atom stereocenters. The predicted octanol–water partition coefficient (Wildman–Crippen LogP) is 3.58. The zero-order valence-corrected chi connectivity index (χ0v) is 15.0. The van der Waals surface area contributed by atoms with Gasteiger partial charge in [0.05, 0.1) is 5.25 Å². The topological polar surface area (TPSA) is 77.2 Å². The van der Waals surface area contributed by atoms with Gasteiger partial charge in [-0.05, 0) is 26.7 Å². The molecule has 0 spiro atoms. The molecule has 1 unspecified atom stereocenters. The number of nitrogens with two attached hydrogens (primary N) is 1. The summed E-state index contributed by atoms with van der Waals surface area (Å²) in [6, 6.07) is 0. The molecule has 0 aromatic heterocycles. The van der Waals surface area contributed by atoms with Crippen LogP contribution in [0.4, 0.5) is 0 Å². The third kappa shape index (κ3) is 5.97. The number of hydrogen-bond acceptors (Lipinski definition) is 3. The van der Waals surface area contributed by atoms with Crippen LogP contribution in [0, 0.1) is 0 Å². The fraction of sp³-hybridized carbons (Fsp3) is 0.938. The van der Waals surface area contributed by atoms with Crippen LogP contribution >= 0.6 is 0 Å². The number of carbonyl (C=O) groups excluding carboxylic acids is 1. The largest absolute Gasteiger partial charge is 0.368 e. The zero-order chi connectivity index (χ0) is 16.5. The quantitative estimate of drug-likeness (QED) is 0.558. The fourth-order valence-electron chi connectivity index (χ4n) is 2.46. The number of rotatable bonds is 12. The van der Waals surface area contributed by atoms with Crippen molar-refractivity contribution in [2.45, 2.75) is 95.5 Å². The fourth-order valence-corrected chi connectivity index (χ4v) is 4.49. The maximum absolute atomic E-state index is 12.5. The second-order valence-electron chi connectivity index (χ2n) is 6.36. The van der Waals surface area contributed by atoms with E-state index in [0.29, 0.717) is 12.8 Å². The van der Waals surface area contributed by atoms with Crippen molar-refractivity contribution in [1.82, 2.24) is 0 Å². The Balaban J connectivity index is 4.36. The molecule has 0 aromatic rings. The molecular formula is C16H33NO3S. The molecule has 0 aromatic carbocycles. The Labute approximate surface area is 130 Å². The molecule has 0 fully saturated rings. The summed E-state index contributed by atoms with van der Waals surface area (Å²) in [6.45, 7) is 6.88. The van der Waals surface area contributed by atoms with Gasteiger partial charge in [0.25, 0.3) is 0 Å². The molecule has 0 aliphatic heterocycles. The summed E-state index contributed by atoms with van der Waals surface area (Å²) in [5, 5.41) is -0.462. The Morgan fingerprint density at radius 3 is 1.90 bits per heavy atom. The van der Waals surface area contributed by atoms with E-state index in [2.05, 4.69) is 6.92 Å². The van der Waals surface area contributed by atoms with Crippen LogP contribution in [0.1, 0.15) is 85.5 Å². The van der Waals surface area contributed by atoms with E-state index in [9.17, 15) is 13.2 Å². The van der Waals surface area contributed by atoms with Gasteiger partial charge in [0, 0.05) is 0 Å². The monoisotopic (exact) mass is 319 g/mol. The maximum atomic E-state index is 12.5. The Hall–Kier alpha value is -0.580. The van der Waals surface area contributed by atoms with Gasteiger partial charge in [-0.2, -0.15) is 0 Å². The van der Waals surface area contributed by atoms with Crippen molar-refractivity contribution in [3.8, 4) is 0 Å². The highest BCUT2D eigenvalue weighted by molar-refractivity contribution is 7.94. The zero-order valence-electron chi connectivity index (χ0n) is 14.2. The van der Waals surface area contributed by atoms with E-state index in [0.717, 1.165) is 19.3 Å². The lowest BCUT2D eigenvalue weighted by Gasteiger charge is -2.27. The summed E-state index contributed by atoms with van der Waals surface area (Å²) < 4.78 is 23.6. The van der Waals surface area contributed by atoms with E-state index >= 15 is 0 Å². The molecular weight excluding hydrogens is 286 g/mol. The second-order valence-corrected chi connectivity index (χ2v) is 9.14. The normalized spacial score (nSPS) is 14.1. The number of sulfone groups is 1. The average molecular weight is 320 g/mol. The first kappa shape index (κ1) is 20.4. The third-order valence-electron chi connectivity index (χ3n) is 4.33. The van der Waals surface area contributed by atoms with Crippen molar-refractivity contribution in [3.63, 3.8) is 0 Å². The van der Waals surface area contributed by atoms with Gasteiger partial charge in [-0.25, -0.2) is 8.42 Å². The smallest absolute Gasteiger partial charge is 0.238 e. The molecule has 0 aliphatic carbocycles. The minimum absolute atomic E-state index is 0.462. The summed E-state index contributed by atoms with van der Waals surface area (Å²) in [5.41, 5.74) is 5.25. The SMILES string of the molecule is CCCCCCCCCC(CC)S(=O)(=O)C(C)(C)C(N)=O. The summed E-state index contributed by atoms with van der Waals surface area (Å²) in [5.74, 6) is -0.763. The molecule has 0 bridgehead atoms. The first-order chi connectivity index (χ1) is 9.71. The van der Waals surface area contributed by atoms with Crippen LogP contribution in [0.15, 0.2) is 0 Å². The number of hydrogen-bond donors (Lipinski definition) is 1. The first-order valence-corrected chi connectivity index (χ1v) is 9.79. The van der Waals surface area contributed by atoms with Gasteiger partial charge in [-0.15, -0.1) is 0 Å². The molecule has 21 heavy (non-hydrogen) atoms. The van der Waals surface area contributed by atoms with E-state index in [4.69, 9.17) is 5.73 Å². The molecule has 126 valence electrons. The summed E-state index contributed by atoms with van der Waals surface area (Å²) in [6.07, 6.45) is 9.29. The Bertz CT molecular complexity index is 402. The van der Waals surface area contributed by atoms with Crippen molar-refractivity contribution in [2.24, 2.45) is 5.73 Å². The van der Waals surface area contributed by atoms with Crippen LogP contribution in [0.5, 0.6) is 0 Å². The third-order valence-corrected chi connectivity index (χ3v) is 7.40. The summed E-state index contributed by atoms with van der Waals surface area (Å²) >= 11 is 0. The van der Waals surface area contributed by atoms with Crippen molar-refractivity contribution >= 4 is 15.7 Å². The molecule has 0 rings (SSSR count). The van der Waals surface area contributed by atoms with E-state index in [1.54, 1.807) is 0 Å². The Morgan fingerprint density at radius 1 is 1.00 bits per heavy atom. The molecule has 5 heteroatoms. The summed E-state index contributed by atoms with van der Waals surface area (Å²) in [4.78, 5) is 11.4. The average Bonchev–Trinajstić information content (AvgIpc) is 2.41. The molecule has 1 amide bonds. The first-order valence-electron chi connectivity index (χ1n) is 8.25. The van der Waals surface area contributed by atoms with Crippen LogP contribution in [0.3, 0.4) is 0 Å². The van der Waals surface area contributed by atoms with Gasteiger partial charge in [0.15, 0.2) is 9.84 Å². The molecule has 0 aliphatic rings. The van der Waals surface area contributed by atoms with Gasteiger partial charge in [-0.1, -0.05) is 58.8 Å². The standard InChI is InChI=1S/C16H33NO3S/c1-5-7-8-9-10-11-12-13-14(6-2)21(19,20)16(3,4)15(17)18/h14H,5-13H2,1-4H3,(H2,17,18). The van der Waals surface area contributed by atoms with Crippen molar-refractivity contribution in [2.75, 3.05) is 0 Å². The minimum Gasteiger partial charge on any atom is -0.368 e. The highest BCUT2D eigenvalue weighted by Crippen LogP contribution is 2.26. The predicted molar refractivity (Wildman–Crippen MR) is 88.9 cm³/mol. The molecule has 0 radical (unpaired) electrons. The van der Waals surface area contributed by atoms with Crippen LogP contribution < -0.4 is 5.73 Å². The van der Waals surface area contributed by atoms with Crippen LogP contribution in [0.2, 0.25) is 0 Å². The van der Waals surface area contributed by atoms with Gasteiger partial charge in [0.1, 0.15) is 4.75 Å². The molecule has 2 N–H and O–H groups in total. The number of unbranched alkanes of at least 4 members (excludes halogenated alkanes) is 6. The van der Waals surface area contributed by atoms with Crippen LogP contribution in [-0.4, -0.2) is 24.3 Å².